The Bertz CT molecular complexity index is 517. The van der Waals surface area contributed by atoms with E-state index in [1.807, 2.05) is 35.0 Å². The molecule has 2 aromatic rings. The number of carbonyl (C=O) groups is 1. The zero-order valence-electron chi connectivity index (χ0n) is 9.36. The fourth-order valence-electron chi connectivity index (χ4n) is 1.70. The van der Waals surface area contributed by atoms with Gasteiger partial charge in [0.15, 0.2) is 5.78 Å². The lowest BCUT2D eigenvalue weighted by Crippen LogP contribution is -2.18. The van der Waals surface area contributed by atoms with Crippen molar-refractivity contribution in [3.05, 3.63) is 36.2 Å². The van der Waals surface area contributed by atoms with Gasteiger partial charge in [-0.25, -0.2) is 0 Å². The Morgan fingerprint density at radius 1 is 1.44 bits per heavy atom. The second kappa shape index (κ2) is 4.37. The molecule has 2 rings (SSSR count). The molecule has 0 radical (unpaired) electrons. The predicted octanol–water partition coefficient (Wildman–Crippen LogP) is 1.35. The molecule has 1 N–H and O–H groups in total. The first-order chi connectivity index (χ1) is 7.76. The molecule has 4 nitrogen and oxygen atoms in total. The van der Waals surface area contributed by atoms with Crippen LogP contribution in [0, 0.1) is 0 Å². The minimum atomic E-state index is 0.0927. The summed E-state index contributed by atoms with van der Waals surface area (Å²) in [5.74, 6) is 0.867. The van der Waals surface area contributed by atoms with Crippen molar-refractivity contribution in [3.63, 3.8) is 0 Å². The van der Waals surface area contributed by atoms with Crippen LogP contribution in [0.3, 0.4) is 0 Å². The molecule has 0 saturated heterocycles. The van der Waals surface area contributed by atoms with Crippen molar-refractivity contribution in [3.8, 4) is 5.75 Å². The number of aromatic nitrogens is 1. The Kier molecular flexibility index (Phi) is 2.92. The smallest absolute Gasteiger partial charge is 0.178 e. The number of methoxy groups -OCH3 is 1. The number of rotatable bonds is 4. The van der Waals surface area contributed by atoms with Crippen molar-refractivity contribution in [1.29, 1.82) is 0 Å². The highest BCUT2D eigenvalue weighted by Gasteiger charge is 2.10. The summed E-state index contributed by atoms with van der Waals surface area (Å²) in [4.78, 5) is 11.8. The number of ketones is 1. The van der Waals surface area contributed by atoms with E-state index in [0.717, 1.165) is 16.8 Å². The van der Waals surface area contributed by atoms with Crippen molar-refractivity contribution in [2.45, 2.75) is 0 Å². The van der Waals surface area contributed by atoms with Gasteiger partial charge in [-0.3, -0.25) is 4.79 Å². The summed E-state index contributed by atoms with van der Waals surface area (Å²) in [7, 11) is 3.39. The lowest BCUT2D eigenvalue weighted by atomic mass is 10.2. The van der Waals surface area contributed by atoms with E-state index in [1.165, 1.54) is 0 Å². The molecule has 0 aliphatic carbocycles. The SMILES string of the molecule is CNCC(=O)c1ccn2cc(OC)ccc12. The van der Waals surface area contributed by atoms with Crippen molar-refractivity contribution < 1.29 is 9.53 Å². The van der Waals surface area contributed by atoms with Crippen molar-refractivity contribution in [1.82, 2.24) is 9.72 Å². The van der Waals surface area contributed by atoms with E-state index < -0.39 is 0 Å². The van der Waals surface area contributed by atoms with Crippen LogP contribution in [0.4, 0.5) is 0 Å². The molecule has 0 aromatic carbocycles. The van der Waals surface area contributed by atoms with Crippen molar-refractivity contribution in [2.24, 2.45) is 0 Å². The third-order valence-electron chi connectivity index (χ3n) is 2.50. The Hall–Kier alpha value is -1.81. The zero-order chi connectivity index (χ0) is 11.5. The second-order valence-electron chi connectivity index (χ2n) is 3.54. The first-order valence-corrected chi connectivity index (χ1v) is 5.08. The molecular formula is C12H14N2O2. The third kappa shape index (κ3) is 1.79. The average molecular weight is 218 g/mol. The standard InChI is InChI=1S/C12H14N2O2/c1-13-7-12(15)10-5-6-14-8-9(16-2)3-4-11(10)14/h3-6,8,13H,7H2,1-2H3. The molecule has 2 heterocycles. The highest BCUT2D eigenvalue weighted by molar-refractivity contribution is 6.03. The molecule has 0 saturated carbocycles. The summed E-state index contributed by atoms with van der Waals surface area (Å²) in [5, 5.41) is 2.86. The van der Waals surface area contributed by atoms with Crippen LogP contribution in [0.5, 0.6) is 5.75 Å². The van der Waals surface area contributed by atoms with Gasteiger partial charge in [-0.15, -0.1) is 0 Å². The minimum Gasteiger partial charge on any atom is -0.495 e. The average Bonchev–Trinajstić information content (AvgIpc) is 2.71. The Balaban J connectivity index is 2.45. The largest absolute Gasteiger partial charge is 0.495 e. The number of ether oxygens (including phenoxy) is 1. The van der Waals surface area contributed by atoms with E-state index in [4.69, 9.17) is 4.74 Å². The fourth-order valence-corrected chi connectivity index (χ4v) is 1.70. The van der Waals surface area contributed by atoms with Crippen molar-refractivity contribution >= 4 is 11.3 Å². The molecule has 2 aromatic heterocycles. The molecule has 4 heteroatoms. The van der Waals surface area contributed by atoms with Gasteiger partial charge in [0, 0.05) is 11.8 Å². The van der Waals surface area contributed by atoms with Gasteiger partial charge in [0.25, 0.3) is 0 Å². The van der Waals surface area contributed by atoms with E-state index in [0.29, 0.717) is 6.54 Å². The van der Waals surface area contributed by atoms with Crippen LogP contribution in [0.25, 0.3) is 5.52 Å². The molecule has 0 aliphatic rings. The highest BCUT2D eigenvalue weighted by atomic mass is 16.5. The number of nitrogens with zero attached hydrogens (tertiary/aromatic N) is 1. The van der Waals surface area contributed by atoms with Gasteiger partial charge in [0.05, 0.1) is 25.4 Å². The molecule has 0 amide bonds. The zero-order valence-corrected chi connectivity index (χ0v) is 9.36. The first-order valence-electron chi connectivity index (χ1n) is 5.08. The van der Waals surface area contributed by atoms with Crippen LogP contribution >= 0.6 is 0 Å². The van der Waals surface area contributed by atoms with Crippen LogP contribution in [0.1, 0.15) is 10.4 Å². The summed E-state index contributed by atoms with van der Waals surface area (Å²) < 4.78 is 7.01. The maximum absolute atomic E-state index is 11.8. The summed E-state index contributed by atoms with van der Waals surface area (Å²) in [6.07, 6.45) is 3.71. The van der Waals surface area contributed by atoms with Crippen LogP contribution in [0.2, 0.25) is 0 Å². The summed E-state index contributed by atoms with van der Waals surface area (Å²) >= 11 is 0. The number of hydrogen-bond acceptors (Lipinski definition) is 3. The van der Waals surface area contributed by atoms with Gasteiger partial charge in [-0.1, -0.05) is 0 Å². The topological polar surface area (TPSA) is 42.7 Å². The second-order valence-corrected chi connectivity index (χ2v) is 3.54. The molecule has 0 spiro atoms. The van der Waals surface area contributed by atoms with E-state index in [-0.39, 0.29) is 5.78 Å². The number of carbonyl (C=O) groups excluding carboxylic acids is 1. The van der Waals surface area contributed by atoms with E-state index in [9.17, 15) is 4.79 Å². The number of pyridine rings is 1. The predicted molar refractivity (Wildman–Crippen MR) is 62.2 cm³/mol. The van der Waals surface area contributed by atoms with Gasteiger partial charge < -0.3 is 14.5 Å². The number of hydrogen-bond donors (Lipinski definition) is 1. The van der Waals surface area contributed by atoms with Gasteiger partial charge >= 0.3 is 0 Å². The quantitative estimate of drug-likeness (QED) is 0.788. The highest BCUT2D eigenvalue weighted by Crippen LogP contribution is 2.17. The number of nitrogens with one attached hydrogen (secondary N) is 1. The third-order valence-corrected chi connectivity index (χ3v) is 2.50. The molecule has 0 unspecified atom stereocenters. The van der Waals surface area contributed by atoms with Gasteiger partial charge in [0.1, 0.15) is 5.75 Å². The lowest BCUT2D eigenvalue weighted by Gasteiger charge is -2.02. The van der Waals surface area contributed by atoms with Crippen LogP contribution in [0.15, 0.2) is 30.6 Å². The monoisotopic (exact) mass is 218 g/mol. The molecule has 16 heavy (non-hydrogen) atoms. The fraction of sp³-hybridized carbons (Fsp3) is 0.250. The number of Topliss-reactive ketones (excluding diaryl/α,β-unsaturated/α-hetero) is 1. The molecular weight excluding hydrogens is 204 g/mol. The summed E-state index contributed by atoms with van der Waals surface area (Å²) in [5.41, 5.74) is 1.64. The van der Waals surface area contributed by atoms with Gasteiger partial charge in [0.2, 0.25) is 0 Å². The van der Waals surface area contributed by atoms with E-state index in [1.54, 1.807) is 14.2 Å². The first kappa shape index (κ1) is 10.7. The van der Waals surface area contributed by atoms with Crippen molar-refractivity contribution in [2.75, 3.05) is 20.7 Å². The minimum absolute atomic E-state index is 0.0927. The Labute approximate surface area is 93.8 Å². The molecule has 0 bridgehead atoms. The van der Waals surface area contributed by atoms with Crippen LogP contribution in [-0.2, 0) is 0 Å². The Morgan fingerprint density at radius 3 is 2.94 bits per heavy atom. The van der Waals surface area contributed by atoms with E-state index in [2.05, 4.69) is 5.32 Å². The summed E-state index contributed by atoms with van der Waals surface area (Å²) in [6.45, 7) is 0.353. The lowest BCUT2D eigenvalue weighted by molar-refractivity contribution is 0.0995. The Morgan fingerprint density at radius 2 is 2.25 bits per heavy atom. The molecule has 0 atom stereocenters. The van der Waals surface area contributed by atoms with Gasteiger partial charge in [-0.2, -0.15) is 0 Å². The van der Waals surface area contributed by atoms with Crippen LogP contribution in [-0.4, -0.2) is 30.9 Å². The van der Waals surface area contributed by atoms with Crippen LogP contribution < -0.4 is 10.1 Å². The maximum Gasteiger partial charge on any atom is 0.178 e. The molecule has 0 fully saturated rings. The maximum atomic E-state index is 11.8. The number of fused-ring (bicyclic) bond motifs is 1. The van der Waals surface area contributed by atoms with E-state index >= 15 is 0 Å². The molecule has 0 aliphatic heterocycles. The number of likely N-dealkylation sites (N-methyl/N-ethyl adjacent to an activating group) is 1. The molecule has 84 valence electrons. The normalized spacial score (nSPS) is 10.6. The summed E-state index contributed by atoms with van der Waals surface area (Å²) in [6, 6.07) is 5.57. The van der Waals surface area contributed by atoms with Gasteiger partial charge in [-0.05, 0) is 25.2 Å².